The molecular weight excluding hydrogens is 242 g/mol. The molecule has 1 heterocycles. The second-order valence-corrected chi connectivity index (χ2v) is 3.89. The van der Waals surface area contributed by atoms with Gasteiger partial charge in [0.25, 0.3) is 0 Å². The Bertz CT molecular complexity index is 558. The van der Waals surface area contributed by atoms with E-state index in [-0.39, 0.29) is 0 Å². The maximum absolute atomic E-state index is 5.56. The number of hydrogen-bond donors (Lipinski definition) is 3. The van der Waals surface area contributed by atoms with Crippen LogP contribution in [0.3, 0.4) is 0 Å². The number of nitrogens with two attached hydrogens (primary N) is 1. The molecule has 0 aliphatic rings. The molecular formula is C13H17N5O. The van der Waals surface area contributed by atoms with Gasteiger partial charge < -0.3 is 15.5 Å². The van der Waals surface area contributed by atoms with Crippen LogP contribution in [0.4, 0.5) is 17.3 Å². The molecule has 0 spiro atoms. The molecule has 0 fully saturated rings. The predicted molar refractivity (Wildman–Crippen MR) is 75.5 cm³/mol. The number of para-hydroxylation sites is 2. The summed E-state index contributed by atoms with van der Waals surface area (Å²) in [6, 6.07) is 7.70. The number of hydrogen-bond acceptors (Lipinski definition) is 6. The second kappa shape index (κ2) is 6.01. The number of ether oxygens (including phenoxy) is 1. The Morgan fingerprint density at radius 2 is 1.95 bits per heavy atom. The Balaban J connectivity index is 2.31. The molecule has 1 aromatic heterocycles. The Hall–Kier alpha value is -2.34. The van der Waals surface area contributed by atoms with Crippen LogP contribution in [0.5, 0.6) is 5.75 Å². The highest BCUT2D eigenvalue weighted by molar-refractivity contribution is 5.68. The van der Waals surface area contributed by atoms with Gasteiger partial charge in [-0.1, -0.05) is 12.1 Å². The average Bonchev–Trinajstić information content (AvgIpc) is 2.43. The summed E-state index contributed by atoms with van der Waals surface area (Å²) in [5, 5.41) is 3.23. The fourth-order valence-corrected chi connectivity index (χ4v) is 1.70. The molecule has 0 saturated carbocycles. The minimum absolute atomic E-state index is 0.589. The van der Waals surface area contributed by atoms with E-state index in [1.54, 1.807) is 0 Å². The van der Waals surface area contributed by atoms with Gasteiger partial charge in [0.1, 0.15) is 23.7 Å². The largest absolute Gasteiger partial charge is 0.492 e. The average molecular weight is 259 g/mol. The fourth-order valence-electron chi connectivity index (χ4n) is 1.70. The van der Waals surface area contributed by atoms with Crippen LogP contribution in [0.2, 0.25) is 0 Å². The molecule has 0 amide bonds. The van der Waals surface area contributed by atoms with Gasteiger partial charge in [0.2, 0.25) is 0 Å². The van der Waals surface area contributed by atoms with Gasteiger partial charge in [-0.3, -0.25) is 0 Å². The summed E-state index contributed by atoms with van der Waals surface area (Å²) in [6.07, 6.45) is 1.45. The van der Waals surface area contributed by atoms with Crippen molar-refractivity contribution in [2.45, 2.75) is 13.8 Å². The van der Waals surface area contributed by atoms with Crippen molar-refractivity contribution in [1.82, 2.24) is 9.97 Å². The zero-order valence-corrected chi connectivity index (χ0v) is 11.0. The maximum atomic E-state index is 5.56. The van der Waals surface area contributed by atoms with Crippen molar-refractivity contribution in [1.29, 1.82) is 0 Å². The third kappa shape index (κ3) is 2.92. The molecule has 2 aromatic rings. The lowest BCUT2D eigenvalue weighted by molar-refractivity contribution is 0.342. The number of nitrogen functional groups attached to an aromatic ring is 1. The van der Waals surface area contributed by atoms with Crippen LogP contribution in [0, 0.1) is 6.92 Å². The topological polar surface area (TPSA) is 85.1 Å². The molecule has 0 aliphatic heterocycles. The molecule has 0 atom stereocenters. The zero-order chi connectivity index (χ0) is 13.7. The quantitative estimate of drug-likeness (QED) is 0.564. The van der Waals surface area contributed by atoms with E-state index in [9.17, 15) is 0 Å². The predicted octanol–water partition coefficient (Wildman–Crippen LogP) is 2.21. The maximum Gasteiger partial charge on any atom is 0.148 e. The Morgan fingerprint density at radius 1 is 1.21 bits per heavy atom. The van der Waals surface area contributed by atoms with Crippen molar-refractivity contribution in [2.24, 2.45) is 5.84 Å². The van der Waals surface area contributed by atoms with Crippen LogP contribution in [0.15, 0.2) is 30.6 Å². The van der Waals surface area contributed by atoms with E-state index < -0.39 is 0 Å². The van der Waals surface area contributed by atoms with E-state index in [0.717, 1.165) is 17.0 Å². The van der Waals surface area contributed by atoms with Crippen LogP contribution >= 0.6 is 0 Å². The molecule has 0 aliphatic carbocycles. The SMILES string of the molecule is CCOc1ccccc1Nc1ncnc(NN)c1C. The van der Waals surface area contributed by atoms with E-state index in [0.29, 0.717) is 18.2 Å². The summed E-state index contributed by atoms with van der Waals surface area (Å²) in [6.45, 7) is 4.45. The van der Waals surface area contributed by atoms with Crippen molar-refractivity contribution in [3.05, 3.63) is 36.2 Å². The van der Waals surface area contributed by atoms with E-state index in [2.05, 4.69) is 20.7 Å². The van der Waals surface area contributed by atoms with Gasteiger partial charge in [0, 0.05) is 5.56 Å². The third-order valence-electron chi connectivity index (χ3n) is 2.66. The van der Waals surface area contributed by atoms with E-state index in [4.69, 9.17) is 10.6 Å². The Kier molecular flexibility index (Phi) is 4.15. The number of hydrazine groups is 1. The first-order chi connectivity index (χ1) is 9.26. The molecule has 0 unspecified atom stereocenters. The highest BCUT2D eigenvalue weighted by Crippen LogP contribution is 2.28. The van der Waals surface area contributed by atoms with Gasteiger partial charge in [-0.05, 0) is 26.0 Å². The number of rotatable bonds is 5. The van der Waals surface area contributed by atoms with Crippen molar-refractivity contribution in [2.75, 3.05) is 17.3 Å². The first-order valence-electron chi connectivity index (χ1n) is 6.03. The number of benzene rings is 1. The molecule has 0 radical (unpaired) electrons. The van der Waals surface area contributed by atoms with Crippen molar-refractivity contribution in [3.8, 4) is 5.75 Å². The molecule has 1 aromatic carbocycles. The van der Waals surface area contributed by atoms with Gasteiger partial charge in [-0.25, -0.2) is 15.8 Å². The molecule has 0 bridgehead atoms. The minimum atomic E-state index is 0.589. The summed E-state index contributed by atoms with van der Waals surface area (Å²) in [4.78, 5) is 8.25. The molecule has 6 heteroatoms. The van der Waals surface area contributed by atoms with E-state index >= 15 is 0 Å². The molecule has 4 N–H and O–H groups in total. The first-order valence-corrected chi connectivity index (χ1v) is 6.03. The lowest BCUT2D eigenvalue weighted by atomic mass is 10.2. The highest BCUT2D eigenvalue weighted by Gasteiger charge is 2.08. The van der Waals surface area contributed by atoms with Gasteiger partial charge in [-0.15, -0.1) is 0 Å². The van der Waals surface area contributed by atoms with Crippen LogP contribution < -0.4 is 21.3 Å². The molecule has 19 heavy (non-hydrogen) atoms. The van der Waals surface area contributed by atoms with Gasteiger partial charge in [0.05, 0.1) is 12.3 Å². The van der Waals surface area contributed by atoms with Gasteiger partial charge >= 0.3 is 0 Å². The zero-order valence-electron chi connectivity index (χ0n) is 11.0. The monoisotopic (exact) mass is 259 g/mol. The number of nitrogens with one attached hydrogen (secondary N) is 2. The van der Waals surface area contributed by atoms with Crippen molar-refractivity contribution < 1.29 is 4.74 Å². The number of aromatic nitrogens is 2. The summed E-state index contributed by atoms with van der Waals surface area (Å²) in [5.74, 6) is 7.46. The minimum Gasteiger partial charge on any atom is -0.492 e. The van der Waals surface area contributed by atoms with Crippen molar-refractivity contribution >= 4 is 17.3 Å². The summed E-state index contributed by atoms with van der Waals surface area (Å²) < 4.78 is 5.56. The smallest absolute Gasteiger partial charge is 0.148 e. The summed E-state index contributed by atoms with van der Waals surface area (Å²) >= 11 is 0. The molecule has 0 saturated heterocycles. The molecule has 2 rings (SSSR count). The first kappa shape index (κ1) is 13.1. The van der Waals surface area contributed by atoms with Crippen LogP contribution in [0.1, 0.15) is 12.5 Å². The highest BCUT2D eigenvalue weighted by atomic mass is 16.5. The third-order valence-corrected chi connectivity index (χ3v) is 2.66. The molecule has 6 nitrogen and oxygen atoms in total. The standard InChI is InChI=1S/C13H17N5O/c1-3-19-11-7-5-4-6-10(11)17-12-9(2)13(18-14)16-8-15-12/h4-8H,3,14H2,1-2H3,(H2,15,16,17,18). The Labute approximate surface area is 112 Å². The second-order valence-electron chi connectivity index (χ2n) is 3.89. The lowest BCUT2D eigenvalue weighted by Crippen LogP contribution is -2.11. The number of nitrogens with zero attached hydrogens (tertiary/aromatic N) is 2. The summed E-state index contributed by atoms with van der Waals surface area (Å²) in [7, 11) is 0. The fraction of sp³-hybridized carbons (Fsp3) is 0.231. The van der Waals surface area contributed by atoms with Gasteiger partial charge in [-0.2, -0.15) is 0 Å². The lowest BCUT2D eigenvalue weighted by Gasteiger charge is -2.14. The normalized spacial score (nSPS) is 10.1. The van der Waals surface area contributed by atoms with E-state index in [1.165, 1.54) is 6.33 Å². The van der Waals surface area contributed by atoms with Crippen LogP contribution in [0.25, 0.3) is 0 Å². The van der Waals surface area contributed by atoms with Gasteiger partial charge in [0.15, 0.2) is 0 Å². The summed E-state index contributed by atoms with van der Waals surface area (Å²) in [5.41, 5.74) is 4.24. The number of anilines is 3. The van der Waals surface area contributed by atoms with E-state index in [1.807, 2.05) is 38.1 Å². The Morgan fingerprint density at radius 3 is 2.68 bits per heavy atom. The van der Waals surface area contributed by atoms with Crippen molar-refractivity contribution in [3.63, 3.8) is 0 Å². The van der Waals surface area contributed by atoms with Crippen LogP contribution in [-0.2, 0) is 0 Å². The molecule has 100 valence electrons. The van der Waals surface area contributed by atoms with Crippen LogP contribution in [-0.4, -0.2) is 16.6 Å².